The minimum atomic E-state index is 0.722. The van der Waals surface area contributed by atoms with Gasteiger partial charge in [0.05, 0.1) is 7.11 Å². The molecule has 0 unspecified atom stereocenters. The van der Waals surface area contributed by atoms with Crippen LogP contribution in [0.15, 0.2) is 4.60 Å². The Balaban J connectivity index is 2.28. The van der Waals surface area contributed by atoms with Crippen molar-refractivity contribution < 1.29 is 4.74 Å². The molecule has 1 fully saturated rings. The molecule has 1 aliphatic carbocycles. The first kappa shape index (κ1) is 7.55. The zero-order valence-electron chi connectivity index (χ0n) is 6.13. The van der Waals surface area contributed by atoms with E-state index in [-0.39, 0.29) is 0 Å². The first-order chi connectivity index (χ1) is 5.31. The normalized spacial score (nSPS) is 16.9. The van der Waals surface area contributed by atoms with Gasteiger partial charge in [0.1, 0.15) is 5.01 Å². The molecule has 0 aromatic carbocycles. The van der Waals surface area contributed by atoms with Crippen molar-refractivity contribution in [3.05, 3.63) is 9.61 Å². The number of ether oxygens (including phenoxy) is 1. The molecular weight excluding hydrogens is 226 g/mol. The van der Waals surface area contributed by atoms with E-state index in [4.69, 9.17) is 4.74 Å². The van der Waals surface area contributed by atoms with E-state index in [1.165, 1.54) is 17.8 Å². The summed E-state index contributed by atoms with van der Waals surface area (Å²) in [6.45, 7) is 0. The first-order valence-electron chi connectivity index (χ1n) is 3.51. The number of hydrogen-bond donors (Lipinski definition) is 0. The first-order valence-corrected chi connectivity index (χ1v) is 5.12. The average Bonchev–Trinajstić information content (AvgIpc) is 2.76. The molecule has 1 heterocycles. The number of methoxy groups -OCH3 is 1. The second-order valence-electron chi connectivity index (χ2n) is 2.61. The highest BCUT2D eigenvalue weighted by Crippen LogP contribution is 2.45. The standard InChI is InChI=1S/C7H8BrNOS/c1-10-7-5(8)9-6(11-7)4-2-3-4/h4H,2-3H2,1H3. The molecule has 4 heteroatoms. The average molecular weight is 234 g/mol. The lowest BCUT2D eigenvalue weighted by Crippen LogP contribution is -1.77. The van der Waals surface area contributed by atoms with Gasteiger partial charge in [0.2, 0.25) is 5.06 Å². The molecule has 1 saturated carbocycles. The van der Waals surface area contributed by atoms with Gasteiger partial charge in [-0.05, 0) is 28.8 Å². The highest BCUT2D eigenvalue weighted by molar-refractivity contribution is 9.10. The summed E-state index contributed by atoms with van der Waals surface area (Å²) in [6.07, 6.45) is 2.59. The maximum Gasteiger partial charge on any atom is 0.208 e. The second-order valence-corrected chi connectivity index (χ2v) is 4.35. The van der Waals surface area contributed by atoms with Gasteiger partial charge in [-0.2, -0.15) is 0 Å². The molecule has 2 rings (SSSR count). The van der Waals surface area contributed by atoms with Crippen molar-refractivity contribution in [1.82, 2.24) is 4.98 Å². The van der Waals surface area contributed by atoms with E-state index in [1.807, 2.05) is 0 Å². The number of thiazole rings is 1. The molecule has 0 aliphatic heterocycles. The van der Waals surface area contributed by atoms with Gasteiger partial charge in [-0.25, -0.2) is 4.98 Å². The van der Waals surface area contributed by atoms with Crippen LogP contribution in [0.5, 0.6) is 5.06 Å². The van der Waals surface area contributed by atoms with Crippen molar-refractivity contribution in [1.29, 1.82) is 0 Å². The molecule has 0 N–H and O–H groups in total. The van der Waals surface area contributed by atoms with E-state index < -0.39 is 0 Å². The van der Waals surface area contributed by atoms with E-state index in [0.29, 0.717) is 0 Å². The lowest BCUT2D eigenvalue weighted by molar-refractivity contribution is 0.423. The molecular formula is C7H8BrNOS. The summed E-state index contributed by atoms with van der Waals surface area (Å²) < 4.78 is 5.97. The van der Waals surface area contributed by atoms with Gasteiger partial charge in [-0.15, -0.1) is 0 Å². The molecule has 11 heavy (non-hydrogen) atoms. The summed E-state index contributed by atoms with van der Waals surface area (Å²) in [5, 5.41) is 2.11. The van der Waals surface area contributed by atoms with Crippen molar-refractivity contribution in [2.45, 2.75) is 18.8 Å². The maximum atomic E-state index is 5.11. The molecule has 1 aromatic heterocycles. The molecule has 1 aliphatic rings. The SMILES string of the molecule is COc1sc(C2CC2)nc1Br. The summed E-state index contributed by atoms with van der Waals surface area (Å²) in [7, 11) is 1.68. The third-order valence-electron chi connectivity index (χ3n) is 1.69. The fourth-order valence-electron chi connectivity index (χ4n) is 0.933. The Kier molecular flexibility index (Phi) is 1.89. The number of aromatic nitrogens is 1. The van der Waals surface area contributed by atoms with Crippen molar-refractivity contribution in [3.8, 4) is 5.06 Å². The number of halogens is 1. The lowest BCUT2D eigenvalue weighted by Gasteiger charge is -1.89. The van der Waals surface area contributed by atoms with Crippen LogP contribution in [0.2, 0.25) is 0 Å². The molecule has 60 valence electrons. The maximum absolute atomic E-state index is 5.11. The predicted molar refractivity (Wildman–Crippen MR) is 48.3 cm³/mol. The Bertz CT molecular complexity index is 269. The molecule has 0 amide bonds. The van der Waals surface area contributed by atoms with Crippen LogP contribution in [0.3, 0.4) is 0 Å². The van der Waals surface area contributed by atoms with Crippen LogP contribution in [-0.2, 0) is 0 Å². The van der Waals surface area contributed by atoms with Gasteiger partial charge in [0.25, 0.3) is 0 Å². The van der Waals surface area contributed by atoms with E-state index in [0.717, 1.165) is 15.6 Å². The molecule has 2 nitrogen and oxygen atoms in total. The number of hydrogen-bond acceptors (Lipinski definition) is 3. The zero-order chi connectivity index (χ0) is 7.84. The largest absolute Gasteiger partial charge is 0.485 e. The van der Waals surface area contributed by atoms with Crippen LogP contribution in [-0.4, -0.2) is 12.1 Å². The van der Waals surface area contributed by atoms with Crippen molar-refractivity contribution in [2.75, 3.05) is 7.11 Å². The summed E-state index contributed by atoms with van der Waals surface area (Å²) in [4.78, 5) is 4.35. The Morgan fingerprint density at radius 2 is 2.36 bits per heavy atom. The summed E-state index contributed by atoms with van der Waals surface area (Å²) >= 11 is 5.00. The van der Waals surface area contributed by atoms with Crippen LogP contribution >= 0.6 is 27.3 Å². The van der Waals surface area contributed by atoms with Gasteiger partial charge >= 0.3 is 0 Å². The molecule has 0 saturated heterocycles. The highest BCUT2D eigenvalue weighted by Gasteiger charge is 2.28. The number of nitrogens with zero attached hydrogens (tertiary/aromatic N) is 1. The van der Waals surface area contributed by atoms with Gasteiger partial charge in [-0.3, -0.25) is 0 Å². The Labute approximate surface area is 77.7 Å². The van der Waals surface area contributed by atoms with E-state index in [2.05, 4.69) is 20.9 Å². The van der Waals surface area contributed by atoms with Gasteiger partial charge < -0.3 is 4.74 Å². The monoisotopic (exact) mass is 233 g/mol. The van der Waals surface area contributed by atoms with Crippen LogP contribution in [0.25, 0.3) is 0 Å². The Morgan fingerprint density at radius 3 is 2.82 bits per heavy atom. The predicted octanol–water partition coefficient (Wildman–Crippen LogP) is 2.79. The van der Waals surface area contributed by atoms with Crippen molar-refractivity contribution >= 4 is 27.3 Å². The summed E-state index contributed by atoms with van der Waals surface area (Å²) in [5.74, 6) is 0.722. The fourth-order valence-corrected chi connectivity index (χ4v) is 2.59. The zero-order valence-corrected chi connectivity index (χ0v) is 8.54. The van der Waals surface area contributed by atoms with Gasteiger partial charge in [0, 0.05) is 5.92 Å². The summed E-state index contributed by atoms with van der Waals surface area (Å²) in [6, 6.07) is 0. The van der Waals surface area contributed by atoms with Crippen molar-refractivity contribution in [3.63, 3.8) is 0 Å². The summed E-state index contributed by atoms with van der Waals surface area (Å²) in [5.41, 5.74) is 0. The minimum Gasteiger partial charge on any atom is -0.485 e. The second kappa shape index (κ2) is 2.75. The molecule has 1 aromatic rings. The van der Waals surface area contributed by atoms with Crippen molar-refractivity contribution in [2.24, 2.45) is 0 Å². The smallest absolute Gasteiger partial charge is 0.208 e. The minimum absolute atomic E-state index is 0.722. The topological polar surface area (TPSA) is 22.1 Å². The fraction of sp³-hybridized carbons (Fsp3) is 0.571. The quantitative estimate of drug-likeness (QED) is 0.784. The third kappa shape index (κ3) is 1.42. The van der Waals surface area contributed by atoms with Gasteiger partial charge in [-0.1, -0.05) is 11.3 Å². The molecule has 0 atom stereocenters. The molecule has 0 radical (unpaired) electrons. The van der Waals surface area contributed by atoms with Crippen LogP contribution in [0.1, 0.15) is 23.8 Å². The van der Waals surface area contributed by atoms with Crippen LogP contribution < -0.4 is 4.74 Å². The Hall–Kier alpha value is -0.0900. The third-order valence-corrected chi connectivity index (χ3v) is 3.67. The highest BCUT2D eigenvalue weighted by atomic mass is 79.9. The van der Waals surface area contributed by atoms with E-state index >= 15 is 0 Å². The Morgan fingerprint density at radius 1 is 1.64 bits per heavy atom. The van der Waals surface area contributed by atoms with Crippen LogP contribution in [0.4, 0.5) is 0 Å². The lowest BCUT2D eigenvalue weighted by atomic mass is 10.5. The molecule has 0 spiro atoms. The van der Waals surface area contributed by atoms with E-state index in [9.17, 15) is 0 Å². The number of rotatable bonds is 2. The van der Waals surface area contributed by atoms with E-state index in [1.54, 1.807) is 18.4 Å². The van der Waals surface area contributed by atoms with Crippen LogP contribution in [0, 0.1) is 0 Å². The molecule has 0 bridgehead atoms. The van der Waals surface area contributed by atoms with Gasteiger partial charge in [0.15, 0.2) is 4.60 Å².